The second-order valence-electron chi connectivity index (χ2n) is 11.3. The van der Waals surface area contributed by atoms with E-state index in [1.807, 2.05) is 6.07 Å². The van der Waals surface area contributed by atoms with Gasteiger partial charge in [0.25, 0.3) is 5.91 Å². The fraction of sp³-hybridized carbons (Fsp3) is 0.533. The number of ketones is 1. The zero-order valence-corrected chi connectivity index (χ0v) is 24.6. The molecule has 42 heavy (non-hydrogen) atoms. The molecule has 1 saturated heterocycles. The van der Waals surface area contributed by atoms with Gasteiger partial charge in [-0.1, -0.05) is 39.0 Å². The second-order valence-corrected chi connectivity index (χ2v) is 11.3. The van der Waals surface area contributed by atoms with Gasteiger partial charge in [-0.3, -0.25) is 24.0 Å². The first-order valence-corrected chi connectivity index (χ1v) is 14.2. The minimum absolute atomic E-state index is 0.0571. The number of hydrogen-bond acceptors (Lipinski definition) is 8. The number of Topliss-reactive ketones (excluding diaryl/α,β-unsaturated/α-hetero) is 1. The van der Waals surface area contributed by atoms with Crippen molar-refractivity contribution in [2.45, 2.75) is 65.8 Å². The minimum atomic E-state index is -1.09. The summed E-state index contributed by atoms with van der Waals surface area (Å²) in [7, 11) is 0. The zero-order valence-electron chi connectivity index (χ0n) is 24.6. The van der Waals surface area contributed by atoms with E-state index in [0.29, 0.717) is 38.2 Å². The maximum absolute atomic E-state index is 13.4. The van der Waals surface area contributed by atoms with Crippen LogP contribution in [0.4, 0.5) is 0 Å². The number of carboxylic acids is 1. The first kappa shape index (κ1) is 32.3. The maximum atomic E-state index is 13.4. The van der Waals surface area contributed by atoms with Gasteiger partial charge in [0.15, 0.2) is 11.5 Å². The molecule has 1 aromatic carbocycles. The van der Waals surface area contributed by atoms with E-state index < -0.39 is 29.2 Å². The quantitative estimate of drug-likeness (QED) is 0.338. The van der Waals surface area contributed by atoms with Crippen LogP contribution in [0.15, 0.2) is 36.4 Å². The van der Waals surface area contributed by atoms with Crippen LogP contribution in [0.2, 0.25) is 0 Å². The van der Waals surface area contributed by atoms with E-state index in [-0.39, 0.29) is 55.1 Å². The Morgan fingerprint density at radius 2 is 1.76 bits per heavy atom. The molecule has 1 aliphatic rings. The van der Waals surface area contributed by atoms with Gasteiger partial charge in [-0.2, -0.15) is 5.10 Å². The predicted molar refractivity (Wildman–Crippen MR) is 152 cm³/mol. The number of para-hydroxylation sites is 1. The summed E-state index contributed by atoms with van der Waals surface area (Å²) >= 11 is 0. The highest BCUT2D eigenvalue weighted by Gasteiger charge is 2.32. The fourth-order valence-electron chi connectivity index (χ4n) is 4.48. The number of likely N-dealkylation sites (tertiary alicyclic amines) is 1. The SMILES string of the molecule is CCOC(=O)CC1CCN(C(=O)C(CCC(=O)O)NC(=O)c2cc(OCC(=O)C(C)(C)C)n(-c3ccccc3)n2)CC1. The third-order valence-corrected chi connectivity index (χ3v) is 7.03. The van der Waals surface area contributed by atoms with Crippen LogP contribution in [-0.2, 0) is 23.9 Å². The van der Waals surface area contributed by atoms with Crippen molar-refractivity contribution in [1.29, 1.82) is 0 Å². The van der Waals surface area contributed by atoms with E-state index in [9.17, 15) is 29.1 Å². The van der Waals surface area contributed by atoms with Crippen molar-refractivity contribution < 1.29 is 38.6 Å². The Labute approximate surface area is 245 Å². The Morgan fingerprint density at radius 3 is 2.36 bits per heavy atom. The Kier molecular flexibility index (Phi) is 11.2. The summed E-state index contributed by atoms with van der Waals surface area (Å²) < 4.78 is 12.2. The molecule has 0 aliphatic carbocycles. The molecule has 2 amide bonds. The third-order valence-electron chi connectivity index (χ3n) is 7.03. The number of piperidine rings is 1. The lowest BCUT2D eigenvalue weighted by molar-refractivity contribution is -0.144. The number of esters is 1. The van der Waals surface area contributed by atoms with Crippen LogP contribution in [0.25, 0.3) is 5.69 Å². The van der Waals surface area contributed by atoms with Crippen molar-refractivity contribution >= 4 is 29.5 Å². The van der Waals surface area contributed by atoms with Crippen LogP contribution in [0.1, 0.15) is 70.3 Å². The van der Waals surface area contributed by atoms with Crippen LogP contribution in [-0.4, -0.2) is 81.7 Å². The molecule has 1 fully saturated rings. The number of carbonyl (C=O) groups excluding carboxylic acids is 4. The number of carboxylic acid groups (broad SMARTS) is 1. The molecule has 12 heteroatoms. The average molecular weight is 585 g/mol. The van der Waals surface area contributed by atoms with Crippen molar-refractivity contribution in [3.05, 3.63) is 42.1 Å². The highest BCUT2D eigenvalue weighted by atomic mass is 16.5. The number of nitrogens with zero attached hydrogens (tertiary/aromatic N) is 3. The summed E-state index contributed by atoms with van der Waals surface area (Å²) in [5, 5.41) is 16.3. The molecule has 1 unspecified atom stereocenters. The van der Waals surface area contributed by atoms with Crippen LogP contribution < -0.4 is 10.1 Å². The standard InChI is InChI=1S/C30H40N4O8/c1-5-41-27(38)17-20-13-15-33(16-14-20)29(40)22(11-12-26(36)37)31-28(39)23-18-25(42-19-24(35)30(2,3)4)34(32-23)21-9-7-6-8-10-21/h6-10,18,20,22H,5,11-17,19H2,1-4H3,(H,31,39)(H,36,37). The number of hydrogen-bond donors (Lipinski definition) is 2. The lowest BCUT2D eigenvalue weighted by Gasteiger charge is -2.34. The fourth-order valence-corrected chi connectivity index (χ4v) is 4.48. The normalized spacial score (nSPS) is 14.6. The van der Waals surface area contributed by atoms with Gasteiger partial charge in [0.2, 0.25) is 11.8 Å². The van der Waals surface area contributed by atoms with E-state index in [0.717, 1.165) is 0 Å². The van der Waals surface area contributed by atoms with Crippen molar-refractivity contribution in [1.82, 2.24) is 20.0 Å². The molecule has 1 atom stereocenters. The molecule has 0 saturated carbocycles. The average Bonchev–Trinajstić information content (AvgIpc) is 3.38. The lowest BCUT2D eigenvalue weighted by Crippen LogP contribution is -2.51. The predicted octanol–water partition coefficient (Wildman–Crippen LogP) is 3.02. The Bertz CT molecular complexity index is 1260. The van der Waals surface area contributed by atoms with Gasteiger partial charge in [-0.15, -0.1) is 0 Å². The maximum Gasteiger partial charge on any atom is 0.306 e. The van der Waals surface area contributed by atoms with Crippen LogP contribution in [0, 0.1) is 11.3 Å². The molecule has 1 aliphatic heterocycles. The summed E-state index contributed by atoms with van der Waals surface area (Å²) in [5.74, 6) is -2.32. The van der Waals surface area contributed by atoms with Gasteiger partial charge in [-0.05, 0) is 44.2 Å². The van der Waals surface area contributed by atoms with Crippen LogP contribution in [0.5, 0.6) is 5.88 Å². The molecule has 12 nitrogen and oxygen atoms in total. The molecule has 228 valence electrons. The summed E-state index contributed by atoms with van der Waals surface area (Å²) in [6, 6.07) is 9.22. The topological polar surface area (TPSA) is 157 Å². The summed E-state index contributed by atoms with van der Waals surface area (Å²) in [5.41, 5.74) is -0.0831. The highest BCUT2D eigenvalue weighted by Crippen LogP contribution is 2.24. The molecule has 0 spiro atoms. The van der Waals surface area contributed by atoms with E-state index in [1.54, 1.807) is 56.9 Å². The number of aromatic nitrogens is 2. The molecular formula is C30H40N4O8. The monoisotopic (exact) mass is 584 g/mol. The van der Waals surface area contributed by atoms with Crippen molar-refractivity contribution in [3.63, 3.8) is 0 Å². The Morgan fingerprint density at radius 1 is 1.10 bits per heavy atom. The molecule has 0 radical (unpaired) electrons. The largest absolute Gasteiger partial charge is 0.481 e. The van der Waals surface area contributed by atoms with E-state index in [2.05, 4.69) is 10.4 Å². The lowest BCUT2D eigenvalue weighted by atomic mass is 9.91. The molecule has 2 aromatic rings. The smallest absolute Gasteiger partial charge is 0.306 e. The molecule has 0 bridgehead atoms. The van der Waals surface area contributed by atoms with Crippen molar-refractivity contribution in [3.8, 4) is 11.6 Å². The highest BCUT2D eigenvalue weighted by molar-refractivity contribution is 5.96. The van der Waals surface area contributed by atoms with Gasteiger partial charge in [0.05, 0.1) is 12.3 Å². The Balaban J connectivity index is 1.76. The number of aliphatic carboxylic acids is 1. The first-order valence-electron chi connectivity index (χ1n) is 14.2. The van der Waals surface area contributed by atoms with Gasteiger partial charge < -0.3 is 24.8 Å². The van der Waals surface area contributed by atoms with Crippen LogP contribution in [0.3, 0.4) is 0 Å². The van der Waals surface area contributed by atoms with Gasteiger partial charge >= 0.3 is 11.9 Å². The first-order chi connectivity index (χ1) is 19.9. The summed E-state index contributed by atoms with van der Waals surface area (Å²) in [6.07, 6.45) is 1.05. The van der Waals surface area contributed by atoms with Gasteiger partial charge in [0, 0.05) is 37.4 Å². The van der Waals surface area contributed by atoms with Crippen molar-refractivity contribution in [2.75, 3.05) is 26.3 Å². The molecular weight excluding hydrogens is 544 g/mol. The van der Waals surface area contributed by atoms with Gasteiger partial charge in [0.1, 0.15) is 12.6 Å². The van der Waals surface area contributed by atoms with E-state index in [4.69, 9.17) is 9.47 Å². The molecule has 3 rings (SSSR count). The summed E-state index contributed by atoms with van der Waals surface area (Å²) in [6.45, 7) is 7.94. The number of benzene rings is 1. The molecule has 2 heterocycles. The third kappa shape index (κ3) is 9.15. The molecule has 2 N–H and O–H groups in total. The minimum Gasteiger partial charge on any atom is -0.481 e. The summed E-state index contributed by atoms with van der Waals surface area (Å²) in [4.78, 5) is 64.0. The Hall–Kier alpha value is -4.22. The van der Waals surface area contributed by atoms with Crippen LogP contribution >= 0.6 is 0 Å². The van der Waals surface area contributed by atoms with E-state index in [1.165, 1.54) is 10.7 Å². The second kappa shape index (κ2) is 14.6. The van der Waals surface area contributed by atoms with Gasteiger partial charge in [-0.25, -0.2) is 4.68 Å². The number of ether oxygens (including phenoxy) is 2. The van der Waals surface area contributed by atoms with E-state index >= 15 is 0 Å². The number of rotatable bonds is 13. The number of amides is 2. The molecule has 1 aromatic heterocycles. The van der Waals surface area contributed by atoms with Crippen molar-refractivity contribution in [2.24, 2.45) is 11.3 Å². The number of carbonyl (C=O) groups is 5. The number of nitrogens with one attached hydrogen (secondary N) is 1. The zero-order chi connectivity index (χ0) is 30.9.